The molecule has 4 heteroatoms. The zero-order valence-corrected chi connectivity index (χ0v) is 12.6. The van der Waals surface area contributed by atoms with E-state index in [0.717, 1.165) is 31.3 Å². The summed E-state index contributed by atoms with van der Waals surface area (Å²) in [5.74, 6) is 4.09. The van der Waals surface area contributed by atoms with E-state index >= 15 is 0 Å². The summed E-state index contributed by atoms with van der Waals surface area (Å²) in [6, 6.07) is 0.850. The SMILES string of the molecule is O=C(NCC1CCN(C2CCSCC2)CC1)C1CC1. The number of thioether (sulfide) groups is 1. The van der Waals surface area contributed by atoms with E-state index in [1.807, 2.05) is 0 Å². The van der Waals surface area contributed by atoms with Gasteiger partial charge >= 0.3 is 0 Å². The van der Waals surface area contributed by atoms with Crippen LogP contribution in [0.1, 0.15) is 38.5 Å². The summed E-state index contributed by atoms with van der Waals surface area (Å²) in [5.41, 5.74) is 0. The summed E-state index contributed by atoms with van der Waals surface area (Å²) in [7, 11) is 0. The van der Waals surface area contributed by atoms with E-state index in [4.69, 9.17) is 0 Å². The van der Waals surface area contributed by atoms with Gasteiger partial charge in [-0.3, -0.25) is 4.79 Å². The molecule has 2 aliphatic heterocycles. The molecule has 19 heavy (non-hydrogen) atoms. The van der Waals surface area contributed by atoms with E-state index in [9.17, 15) is 4.79 Å². The lowest BCUT2D eigenvalue weighted by Crippen LogP contribution is -2.45. The van der Waals surface area contributed by atoms with Crippen LogP contribution in [0.3, 0.4) is 0 Å². The van der Waals surface area contributed by atoms with E-state index in [2.05, 4.69) is 22.0 Å². The van der Waals surface area contributed by atoms with Crippen LogP contribution in [-0.4, -0.2) is 48.0 Å². The lowest BCUT2D eigenvalue weighted by Gasteiger charge is -2.39. The van der Waals surface area contributed by atoms with Crippen LogP contribution in [0.25, 0.3) is 0 Å². The highest BCUT2D eigenvalue weighted by atomic mass is 32.2. The molecule has 0 aromatic rings. The highest BCUT2D eigenvalue weighted by Gasteiger charge is 2.30. The van der Waals surface area contributed by atoms with Gasteiger partial charge in [-0.2, -0.15) is 11.8 Å². The van der Waals surface area contributed by atoms with Crippen LogP contribution in [0.15, 0.2) is 0 Å². The maximum Gasteiger partial charge on any atom is 0.223 e. The Labute approximate surface area is 120 Å². The van der Waals surface area contributed by atoms with E-state index < -0.39 is 0 Å². The van der Waals surface area contributed by atoms with Crippen molar-refractivity contribution in [1.29, 1.82) is 0 Å². The first-order chi connectivity index (χ1) is 9.33. The van der Waals surface area contributed by atoms with Crippen LogP contribution >= 0.6 is 11.8 Å². The number of hydrogen-bond donors (Lipinski definition) is 1. The van der Waals surface area contributed by atoms with E-state index in [1.54, 1.807) is 0 Å². The van der Waals surface area contributed by atoms with Gasteiger partial charge in [0, 0.05) is 18.5 Å². The molecule has 3 fully saturated rings. The van der Waals surface area contributed by atoms with Gasteiger partial charge in [-0.1, -0.05) is 0 Å². The molecule has 0 aromatic carbocycles. The molecule has 1 saturated carbocycles. The Morgan fingerprint density at radius 1 is 1.05 bits per heavy atom. The van der Waals surface area contributed by atoms with Gasteiger partial charge in [-0.25, -0.2) is 0 Å². The maximum absolute atomic E-state index is 11.6. The predicted octanol–water partition coefficient (Wildman–Crippen LogP) is 2.12. The van der Waals surface area contributed by atoms with Gasteiger partial charge in [0.05, 0.1) is 0 Å². The monoisotopic (exact) mass is 282 g/mol. The second-order valence-electron chi connectivity index (χ2n) is 6.34. The Balaban J connectivity index is 1.35. The third-order valence-corrected chi connectivity index (χ3v) is 5.92. The second-order valence-corrected chi connectivity index (χ2v) is 7.57. The molecular weight excluding hydrogens is 256 g/mol. The number of nitrogens with one attached hydrogen (secondary N) is 1. The van der Waals surface area contributed by atoms with Crippen molar-refractivity contribution in [1.82, 2.24) is 10.2 Å². The Bertz CT molecular complexity index is 305. The number of likely N-dealkylation sites (tertiary alicyclic amines) is 1. The molecule has 1 aliphatic carbocycles. The Morgan fingerprint density at radius 2 is 1.74 bits per heavy atom. The van der Waals surface area contributed by atoms with E-state index in [0.29, 0.717) is 11.8 Å². The van der Waals surface area contributed by atoms with Crippen molar-refractivity contribution >= 4 is 17.7 Å². The highest BCUT2D eigenvalue weighted by molar-refractivity contribution is 7.99. The number of amides is 1. The van der Waals surface area contributed by atoms with Gasteiger partial charge in [0.15, 0.2) is 0 Å². The summed E-state index contributed by atoms with van der Waals surface area (Å²) < 4.78 is 0. The summed E-state index contributed by atoms with van der Waals surface area (Å²) in [6.07, 6.45) is 7.54. The van der Waals surface area contributed by atoms with Crippen LogP contribution in [-0.2, 0) is 4.79 Å². The molecule has 0 spiro atoms. The first-order valence-electron chi connectivity index (χ1n) is 7.92. The molecule has 0 bridgehead atoms. The molecule has 0 unspecified atom stereocenters. The summed E-state index contributed by atoms with van der Waals surface area (Å²) >= 11 is 2.11. The fourth-order valence-corrected chi connectivity index (χ4v) is 4.39. The smallest absolute Gasteiger partial charge is 0.223 e. The molecule has 0 atom stereocenters. The number of carbonyl (C=O) groups excluding carboxylic acids is 1. The molecule has 0 radical (unpaired) electrons. The minimum absolute atomic E-state index is 0.312. The molecule has 3 aliphatic rings. The first kappa shape index (κ1) is 13.7. The van der Waals surface area contributed by atoms with Gasteiger partial charge in [0.25, 0.3) is 0 Å². The second kappa shape index (κ2) is 6.49. The third kappa shape index (κ3) is 3.88. The van der Waals surface area contributed by atoms with Crippen LogP contribution in [0.5, 0.6) is 0 Å². The average Bonchev–Trinajstić information content (AvgIpc) is 3.31. The molecule has 3 rings (SSSR count). The molecule has 1 amide bonds. The van der Waals surface area contributed by atoms with Crippen molar-refractivity contribution in [2.75, 3.05) is 31.1 Å². The molecule has 1 N–H and O–H groups in total. The topological polar surface area (TPSA) is 32.3 Å². The van der Waals surface area contributed by atoms with E-state index in [-0.39, 0.29) is 0 Å². The van der Waals surface area contributed by atoms with Crippen molar-refractivity contribution in [3.8, 4) is 0 Å². The first-order valence-corrected chi connectivity index (χ1v) is 9.08. The van der Waals surface area contributed by atoms with Crippen molar-refractivity contribution in [2.24, 2.45) is 11.8 Å². The minimum Gasteiger partial charge on any atom is -0.356 e. The van der Waals surface area contributed by atoms with Gasteiger partial charge in [0.2, 0.25) is 5.91 Å². The van der Waals surface area contributed by atoms with Crippen molar-refractivity contribution < 1.29 is 4.79 Å². The molecular formula is C15H26N2OS. The van der Waals surface area contributed by atoms with Crippen LogP contribution in [0.4, 0.5) is 0 Å². The molecule has 3 nitrogen and oxygen atoms in total. The number of nitrogens with zero attached hydrogens (tertiary/aromatic N) is 1. The Hall–Kier alpha value is -0.220. The highest BCUT2D eigenvalue weighted by Crippen LogP contribution is 2.29. The average molecular weight is 282 g/mol. The summed E-state index contributed by atoms with van der Waals surface area (Å²) in [4.78, 5) is 14.3. The fraction of sp³-hybridized carbons (Fsp3) is 0.933. The standard InChI is InChI=1S/C15H26N2OS/c18-15(13-1-2-13)16-11-12-3-7-17(8-4-12)14-5-9-19-10-6-14/h12-14H,1-11H2,(H,16,18). The summed E-state index contributed by atoms with van der Waals surface area (Å²) in [6.45, 7) is 3.42. The Kier molecular flexibility index (Phi) is 4.69. The fourth-order valence-electron chi connectivity index (χ4n) is 3.31. The van der Waals surface area contributed by atoms with Gasteiger partial charge in [-0.05, 0) is 69.0 Å². The molecule has 2 saturated heterocycles. The van der Waals surface area contributed by atoms with Crippen LogP contribution in [0.2, 0.25) is 0 Å². The van der Waals surface area contributed by atoms with Crippen LogP contribution in [0, 0.1) is 11.8 Å². The minimum atomic E-state index is 0.312. The normalized spacial score (nSPS) is 27.4. The zero-order valence-electron chi connectivity index (χ0n) is 11.8. The molecule has 108 valence electrons. The molecule has 2 heterocycles. The number of carbonyl (C=O) groups is 1. The third-order valence-electron chi connectivity index (χ3n) is 4.87. The summed E-state index contributed by atoms with van der Waals surface area (Å²) in [5, 5.41) is 3.15. The lowest BCUT2D eigenvalue weighted by molar-refractivity contribution is -0.122. The van der Waals surface area contributed by atoms with Gasteiger partial charge < -0.3 is 10.2 Å². The van der Waals surface area contributed by atoms with Crippen molar-refractivity contribution in [3.05, 3.63) is 0 Å². The number of piperidine rings is 1. The largest absolute Gasteiger partial charge is 0.356 e. The van der Waals surface area contributed by atoms with Gasteiger partial charge in [0.1, 0.15) is 0 Å². The van der Waals surface area contributed by atoms with Crippen molar-refractivity contribution in [2.45, 2.75) is 44.6 Å². The van der Waals surface area contributed by atoms with Gasteiger partial charge in [-0.15, -0.1) is 0 Å². The number of rotatable bonds is 4. The van der Waals surface area contributed by atoms with Crippen LogP contribution < -0.4 is 5.32 Å². The van der Waals surface area contributed by atoms with E-state index in [1.165, 1.54) is 50.3 Å². The quantitative estimate of drug-likeness (QED) is 0.857. The number of hydrogen-bond acceptors (Lipinski definition) is 3. The lowest BCUT2D eigenvalue weighted by atomic mass is 9.94. The Morgan fingerprint density at radius 3 is 2.37 bits per heavy atom. The molecule has 0 aromatic heterocycles. The maximum atomic E-state index is 11.6. The zero-order chi connectivity index (χ0) is 13.1. The predicted molar refractivity (Wildman–Crippen MR) is 80.4 cm³/mol. The van der Waals surface area contributed by atoms with Crippen molar-refractivity contribution in [3.63, 3.8) is 0 Å².